The highest BCUT2D eigenvalue weighted by Crippen LogP contribution is 2.62. The molecule has 4 aliphatic heterocycles. The molecule has 3 aliphatic carbocycles. The zero-order valence-corrected chi connectivity index (χ0v) is 38.7. The Labute approximate surface area is 381 Å². The predicted octanol–water partition coefficient (Wildman–Crippen LogP) is 1.33. The second-order valence-electron chi connectivity index (χ2n) is 18.6. The number of rotatable bonds is 12. The summed E-state index contributed by atoms with van der Waals surface area (Å²) in [5.41, 5.74) is -0.117. The number of hydrogen-bond donors (Lipinski definition) is 0. The lowest BCUT2D eigenvalue weighted by atomic mass is 9.57. The molecule has 12 atom stereocenters. The van der Waals surface area contributed by atoms with Gasteiger partial charge in [-0.15, -0.1) is 0 Å². The molecule has 1 spiro atoms. The summed E-state index contributed by atoms with van der Waals surface area (Å²) in [6.45, 7) is 14.8. The van der Waals surface area contributed by atoms with Gasteiger partial charge in [-0.3, -0.25) is 9.80 Å². The first-order valence-electron chi connectivity index (χ1n) is 23.0. The predicted molar refractivity (Wildman–Crippen MR) is 232 cm³/mol. The Morgan fingerprint density at radius 3 is 2.03 bits per heavy atom. The van der Waals surface area contributed by atoms with E-state index in [2.05, 4.69) is 26.6 Å². The number of hydrogen-bond acceptors (Lipinski definition) is 18. The van der Waals surface area contributed by atoms with Crippen LogP contribution in [0, 0.1) is 29.6 Å². The van der Waals surface area contributed by atoms with Gasteiger partial charge in [0.2, 0.25) is 0 Å². The molecule has 0 amide bonds. The van der Waals surface area contributed by atoms with Crippen LogP contribution in [-0.2, 0) is 66.7 Å². The highest BCUT2D eigenvalue weighted by molar-refractivity contribution is 6.30. The van der Waals surface area contributed by atoms with Crippen LogP contribution < -0.4 is 0 Å². The molecule has 3 saturated heterocycles. The summed E-state index contributed by atoms with van der Waals surface area (Å²) in [5, 5.41) is 0. The molecule has 0 aromatic rings. The third-order valence-corrected chi connectivity index (χ3v) is 14.4. The van der Waals surface area contributed by atoms with Crippen molar-refractivity contribution in [2.45, 2.75) is 82.8 Å². The van der Waals surface area contributed by atoms with Crippen LogP contribution in [0.5, 0.6) is 0 Å². The molecule has 7 rings (SSSR count). The number of methoxy groups -OCH3 is 1. The van der Waals surface area contributed by atoms with Crippen LogP contribution in [0.3, 0.4) is 0 Å². The number of likely N-dealkylation sites (N-methyl/N-ethyl adjacent to an activating group) is 2. The molecule has 0 aromatic heterocycles. The molecule has 0 radical (unpaired) electrons. The first-order chi connectivity index (χ1) is 31.1. The summed E-state index contributed by atoms with van der Waals surface area (Å²) < 4.78 is 47.9. The fourth-order valence-electron chi connectivity index (χ4n) is 10.7. The largest absolute Gasteiger partial charge is 0.456 e. The molecule has 18 nitrogen and oxygen atoms in total. The van der Waals surface area contributed by atoms with Crippen molar-refractivity contribution in [2.24, 2.45) is 29.6 Å². The average Bonchev–Trinajstić information content (AvgIpc) is 3.89. The monoisotopic (exact) mass is 910 g/mol. The Kier molecular flexibility index (Phi) is 15.7. The van der Waals surface area contributed by atoms with E-state index in [9.17, 15) is 28.8 Å². The molecule has 4 bridgehead atoms. The smallest absolute Gasteiger partial charge is 0.417 e. The third-order valence-electron chi connectivity index (χ3n) is 14.4. The van der Waals surface area contributed by atoms with Crippen LogP contribution in [0.1, 0.15) is 40.5 Å². The molecule has 4 heterocycles. The first-order valence-corrected chi connectivity index (χ1v) is 23.0. The van der Waals surface area contributed by atoms with Crippen LogP contribution in [0.15, 0.2) is 47.6 Å². The maximum absolute atomic E-state index is 14.0. The number of nitrogens with zero attached hydrogens (tertiary/aromatic N) is 4. The van der Waals surface area contributed by atoms with E-state index in [1.807, 2.05) is 45.2 Å². The highest BCUT2D eigenvalue weighted by atomic mass is 16.6. The van der Waals surface area contributed by atoms with Crippen LogP contribution in [-0.4, -0.2) is 198 Å². The highest BCUT2D eigenvalue weighted by Gasteiger charge is 2.70. The van der Waals surface area contributed by atoms with Gasteiger partial charge in [0.25, 0.3) is 0 Å². The Hall–Kier alpha value is -4.46. The first kappa shape index (κ1) is 48.5. The molecule has 0 aromatic carbocycles. The van der Waals surface area contributed by atoms with Crippen molar-refractivity contribution in [3.8, 4) is 0 Å². The van der Waals surface area contributed by atoms with Crippen LogP contribution in [0.4, 0.5) is 0 Å². The van der Waals surface area contributed by atoms with Crippen molar-refractivity contribution in [1.82, 2.24) is 19.6 Å². The normalized spacial score (nSPS) is 35.4. The van der Waals surface area contributed by atoms with E-state index in [4.69, 9.17) is 37.9 Å². The lowest BCUT2D eigenvalue weighted by Gasteiger charge is -2.49. The summed E-state index contributed by atoms with van der Waals surface area (Å²) in [4.78, 5) is 89.4. The number of esters is 6. The topological polar surface area (TPSA) is 189 Å². The number of piperazine rings is 2. The SMILES string of the molecule is CO[C@H]1C[C@H]2C=CC3C4C(OC(=O)C(=O)OCCN5CCN(C)CC5)[C@@H](C)[C@@H](OC(=O)C5=CC=CC5)[C@@H]3O[C@]42/C(C)=C/[C@@H](C)[C@@H]([C@@H](C)OC(=O)C(=O)OCCN2CCN(C)CC2)OC1=O. The van der Waals surface area contributed by atoms with E-state index < -0.39 is 108 Å². The Morgan fingerprint density at radius 2 is 1.45 bits per heavy atom. The summed E-state index contributed by atoms with van der Waals surface area (Å²) in [6.07, 6.45) is 5.64. The van der Waals surface area contributed by atoms with E-state index in [0.717, 1.165) is 52.4 Å². The van der Waals surface area contributed by atoms with Crippen LogP contribution in [0.25, 0.3) is 0 Å². The van der Waals surface area contributed by atoms with E-state index in [0.29, 0.717) is 30.7 Å². The lowest BCUT2D eigenvalue weighted by molar-refractivity contribution is -0.185. The number of allylic oxidation sites excluding steroid dienone is 3. The number of cyclic esters (lactones) is 1. The fourth-order valence-corrected chi connectivity index (χ4v) is 10.7. The van der Waals surface area contributed by atoms with Gasteiger partial charge in [0, 0.05) is 108 Å². The molecular weight excluding hydrogens is 845 g/mol. The summed E-state index contributed by atoms with van der Waals surface area (Å²) >= 11 is 0. The number of carbonyl (C=O) groups is 6. The zero-order valence-electron chi connectivity index (χ0n) is 38.7. The molecule has 1 saturated carbocycles. The van der Waals surface area contributed by atoms with Crippen molar-refractivity contribution < 1.29 is 66.7 Å². The van der Waals surface area contributed by atoms with Gasteiger partial charge in [-0.2, -0.15) is 0 Å². The van der Waals surface area contributed by atoms with Gasteiger partial charge in [0.1, 0.15) is 49.3 Å². The molecule has 0 N–H and O–H groups in total. The maximum atomic E-state index is 14.0. The van der Waals surface area contributed by atoms with Gasteiger partial charge in [-0.1, -0.05) is 50.3 Å². The van der Waals surface area contributed by atoms with Crippen molar-refractivity contribution in [3.05, 3.63) is 47.6 Å². The van der Waals surface area contributed by atoms with E-state index in [1.54, 1.807) is 19.1 Å². The molecule has 65 heavy (non-hydrogen) atoms. The van der Waals surface area contributed by atoms with Gasteiger partial charge in [-0.05, 0) is 46.4 Å². The maximum Gasteiger partial charge on any atom is 0.417 e. The third kappa shape index (κ3) is 10.6. The Morgan fingerprint density at radius 1 is 0.831 bits per heavy atom. The zero-order chi connectivity index (χ0) is 46.6. The van der Waals surface area contributed by atoms with Gasteiger partial charge in [0.05, 0.1) is 0 Å². The van der Waals surface area contributed by atoms with E-state index >= 15 is 0 Å². The minimum atomic E-state index is -1.27. The average molecular weight is 911 g/mol. The summed E-state index contributed by atoms with van der Waals surface area (Å²) in [7, 11) is 5.48. The number of carbonyl (C=O) groups excluding carboxylic acids is 6. The molecule has 3 unspecified atom stereocenters. The lowest BCUT2D eigenvalue weighted by Crippen LogP contribution is -2.58. The molecule has 7 aliphatic rings. The summed E-state index contributed by atoms with van der Waals surface area (Å²) in [5.74, 6) is -8.82. The van der Waals surface area contributed by atoms with E-state index in [1.165, 1.54) is 14.0 Å². The fraction of sp³-hybridized carbons (Fsp3) is 0.702. The Balaban J connectivity index is 1.13. The van der Waals surface area contributed by atoms with Gasteiger partial charge in [0.15, 0.2) is 6.10 Å². The minimum Gasteiger partial charge on any atom is -0.456 e. The molecule has 18 heteroatoms. The van der Waals surface area contributed by atoms with Gasteiger partial charge < -0.3 is 47.7 Å². The minimum absolute atomic E-state index is 0.00841. The van der Waals surface area contributed by atoms with Gasteiger partial charge in [-0.25, -0.2) is 28.8 Å². The second kappa shape index (κ2) is 21.0. The molecule has 358 valence electrons. The summed E-state index contributed by atoms with van der Waals surface area (Å²) in [6, 6.07) is 0. The quantitative estimate of drug-likeness (QED) is 0.118. The van der Waals surface area contributed by atoms with Crippen molar-refractivity contribution >= 4 is 35.8 Å². The van der Waals surface area contributed by atoms with Crippen molar-refractivity contribution in [3.63, 3.8) is 0 Å². The molecule has 4 fully saturated rings. The number of ether oxygens (including phenoxy) is 8. The van der Waals surface area contributed by atoms with Crippen molar-refractivity contribution in [1.29, 1.82) is 0 Å². The standard InChI is InChI=1S/C47H66N4O14/c1-28-26-29(2)47-33(27-35(58-7)42(53)62-37(28)31(4)61-45(56)43(54)59-24-22-50-18-14-48(5)15-19-50)12-13-34-36(47)38(30(3)39(40(34)65-47)64-41(52)32-10-8-9-11-32)63-46(57)44(55)60-25-23-51-20-16-49(6)17-21-51/h8-10,12-13,26,28,30-31,33-40H,11,14-25,27H2,1-7H3/b29-26+/t28-,30-,31-,33-,34?,35+,36?,37+,38?,39-,40-,47+/m1/s1. The second-order valence-corrected chi connectivity index (χ2v) is 18.6. The van der Waals surface area contributed by atoms with Gasteiger partial charge >= 0.3 is 35.8 Å². The van der Waals surface area contributed by atoms with Crippen LogP contribution >= 0.6 is 0 Å². The van der Waals surface area contributed by atoms with E-state index in [-0.39, 0.29) is 19.6 Å². The van der Waals surface area contributed by atoms with Crippen molar-refractivity contribution in [2.75, 3.05) is 99.9 Å². The Bertz CT molecular complexity index is 1920. The molecular formula is C47H66N4O14. The van der Waals surface area contributed by atoms with Crippen LogP contribution in [0.2, 0.25) is 0 Å².